The van der Waals surface area contributed by atoms with Crippen molar-refractivity contribution >= 4 is 38.3 Å². The Labute approximate surface area is 232 Å². The summed E-state index contributed by atoms with van der Waals surface area (Å²) in [4.78, 5) is 29.6. The maximum Gasteiger partial charge on any atom is 0.251 e. The summed E-state index contributed by atoms with van der Waals surface area (Å²) in [6.07, 6.45) is 7.22. The highest BCUT2D eigenvalue weighted by molar-refractivity contribution is 7.91. The number of anilines is 2. The van der Waals surface area contributed by atoms with Crippen molar-refractivity contribution in [1.29, 1.82) is 0 Å². The minimum absolute atomic E-state index is 0.0966. The van der Waals surface area contributed by atoms with Crippen molar-refractivity contribution in [2.24, 2.45) is 0 Å². The minimum Gasteiger partial charge on any atom is -0.376 e. The molecule has 4 aromatic rings. The van der Waals surface area contributed by atoms with E-state index in [1.807, 2.05) is 24.4 Å². The maximum atomic E-state index is 12.9. The van der Waals surface area contributed by atoms with Crippen molar-refractivity contribution < 1.29 is 17.9 Å². The minimum atomic E-state index is -3.50. The lowest BCUT2D eigenvalue weighted by Crippen LogP contribution is -2.32. The van der Waals surface area contributed by atoms with Gasteiger partial charge in [0.05, 0.1) is 41.6 Å². The Kier molecular flexibility index (Phi) is 5.87. The molecule has 9 nitrogen and oxygen atoms in total. The molecule has 3 aromatic heterocycles. The van der Waals surface area contributed by atoms with Gasteiger partial charge in [-0.1, -0.05) is 12.1 Å². The van der Waals surface area contributed by atoms with Gasteiger partial charge in [-0.15, -0.1) is 0 Å². The van der Waals surface area contributed by atoms with Crippen LogP contribution in [0.15, 0.2) is 59.8 Å². The molecule has 3 aliphatic rings. The second-order valence-corrected chi connectivity index (χ2v) is 13.1. The SMILES string of the molecule is Cc1cnc2c(c1)C1(CCN2c2ccc3cnc(CNC(=O)c4ccc5c(c4)S(=O)(=O)CCOC5)cc3n2)CC1. The average Bonchev–Trinajstić information content (AvgIpc) is 3.76. The van der Waals surface area contributed by atoms with Gasteiger partial charge < -0.3 is 15.0 Å². The van der Waals surface area contributed by atoms with Gasteiger partial charge in [0.25, 0.3) is 5.91 Å². The van der Waals surface area contributed by atoms with Crippen LogP contribution in [-0.4, -0.2) is 48.2 Å². The van der Waals surface area contributed by atoms with Gasteiger partial charge in [-0.3, -0.25) is 9.78 Å². The van der Waals surface area contributed by atoms with Crippen LogP contribution < -0.4 is 10.2 Å². The average molecular weight is 556 g/mol. The van der Waals surface area contributed by atoms with Crippen LogP contribution in [0.2, 0.25) is 0 Å². The van der Waals surface area contributed by atoms with E-state index in [0.717, 1.165) is 35.5 Å². The maximum absolute atomic E-state index is 12.9. The molecular formula is C30H29N5O4S. The number of nitrogens with one attached hydrogen (secondary N) is 1. The standard InChI is InChI=1S/C30H29N5O4S/c1-19-12-24-28(32-15-19)35(9-8-30(24)6-7-30)27-5-4-21-16-31-23(14-25(21)34-27)17-33-29(36)20-2-3-22-18-39-10-11-40(37,38)26(22)13-20/h2-5,12-16H,6-11,17-18H2,1H3,(H,33,36). The molecule has 5 heterocycles. The van der Waals surface area contributed by atoms with Gasteiger partial charge in [-0.2, -0.15) is 0 Å². The number of amides is 1. The number of carbonyl (C=O) groups excluding carboxylic acids is 1. The molecule has 10 heteroatoms. The number of hydrogen-bond acceptors (Lipinski definition) is 8. The zero-order valence-corrected chi connectivity index (χ0v) is 23.0. The van der Waals surface area contributed by atoms with Gasteiger partial charge in [0.15, 0.2) is 9.84 Å². The van der Waals surface area contributed by atoms with Crippen LogP contribution in [0.25, 0.3) is 10.9 Å². The van der Waals surface area contributed by atoms with Gasteiger partial charge in [-0.25, -0.2) is 18.4 Å². The summed E-state index contributed by atoms with van der Waals surface area (Å²) in [6.45, 7) is 3.50. The van der Waals surface area contributed by atoms with Gasteiger partial charge in [0.2, 0.25) is 0 Å². The van der Waals surface area contributed by atoms with Gasteiger partial charge >= 0.3 is 0 Å². The summed E-state index contributed by atoms with van der Waals surface area (Å²) >= 11 is 0. The number of aryl methyl sites for hydroxylation is 1. The second-order valence-electron chi connectivity index (χ2n) is 11.0. The van der Waals surface area contributed by atoms with Crippen molar-refractivity contribution in [3.8, 4) is 0 Å². The molecule has 0 bridgehead atoms. The Morgan fingerprint density at radius 2 is 1.95 bits per heavy atom. The second kappa shape index (κ2) is 9.35. The first-order valence-electron chi connectivity index (χ1n) is 13.5. The fraction of sp³-hybridized carbons (Fsp3) is 0.333. The Hall–Kier alpha value is -3.89. The molecule has 1 spiro atoms. The van der Waals surface area contributed by atoms with E-state index in [-0.39, 0.29) is 47.3 Å². The molecule has 1 saturated carbocycles. The molecule has 7 rings (SSSR count). The fourth-order valence-corrected chi connectivity index (χ4v) is 7.15. The van der Waals surface area contributed by atoms with Crippen molar-refractivity contribution in [2.75, 3.05) is 23.8 Å². The molecule has 1 aliphatic carbocycles. The Morgan fingerprint density at radius 3 is 2.80 bits per heavy atom. The number of sulfone groups is 1. The van der Waals surface area contributed by atoms with Gasteiger partial charge in [-0.05, 0) is 67.6 Å². The number of carbonyl (C=O) groups is 1. The summed E-state index contributed by atoms with van der Waals surface area (Å²) in [6, 6.07) is 12.9. The molecule has 0 saturated heterocycles. The first-order chi connectivity index (χ1) is 19.3. The first kappa shape index (κ1) is 25.1. The third kappa shape index (κ3) is 4.41. The summed E-state index contributed by atoms with van der Waals surface area (Å²) < 4.78 is 30.6. The lowest BCUT2D eigenvalue weighted by molar-refractivity contribution is 0.0950. The monoisotopic (exact) mass is 555 g/mol. The van der Waals surface area contributed by atoms with E-state index < -0.39 is 9.84 Å². The van der Waals surface area contributed by atoms with E-state index in [1.165, 1.54) is 30.0 Å². The molecule has 1 fully saturated rings. The number of benzene rings is 1. The predicted molar refractivity (Wildman–Crippen MR) is 150 cm³/mol. The molecule has 2 aliphatic heterocycles. The Morgan fingerprint density at radius 1 is 1.07 bits per heavy atom. The van der Waals surface area contributed by atoms with Crippen molar-refractivity contribution in [2.45, 2.75) is 49.6 Å². The van der Waals surface area contributed by atoms with Crippen LogP contribution in [0.4, 0.5) is 11.6 Å². The van der Waals surface area contributed by atoms with E-state index in [1.54, 1.807) is 18.3 Å². The molecule has 1 aromatic carbocycles. The van der Waals surface area contributed by atoms with Crippen molar-refractivity contribution in [3.63, 3.8) is 0 Å². The number of fused-ring (bicyclic) bond motifs is 4. The van der Waals surface area contributed by atoms with Crippen LogP contribution in [-0.2, 0) is 33.1 Å². The number of ether oxygens (including phenoxy) is 1. The quantitative estimate of drug-likeness (QED) is 0.400. The highest BCUT2D eigenvalue weighted by Crippen LogP contribution is 2.56. The predicted octanol–water partition coefficient (Wildman–Crippen LogP) is 4.14. The largest absolute Gasteiger partial charge is 0.376 e. The number of pyridine rings is 3. The van der Waals surface area contributed by atoms with Crippen LogP contribution >= 0.6 is 0 Å². The van der Waals surface area contributed by atoms with Crippen LogP contribution in [0, 0.1) is 6.92 Å². The number of aromatic nitrogens is 3. The van der Waals surface area contributed by atoms with Crippen LogP contribution in [0.3, 0.4) is 0 Å². The lowest BCUT2D eigenvalue weighted by Gasteiger charge is -2.34. The van der Waals surface area contributed by atoms with E-state index in [9.17, 15) is 13.2 Å². The first-order valence-corrected chi connectivity index (χ1v) is 15.2. The van der Waals surface area contributed by atoms with E-state index >= 15 is 0 Å². The molecular weight excluding hydrogens is 526 g/mol. The summed E-state index contributed by atoms with van der Waals surface area (Å²) in [5.41, 5.74) is 5.09. The van der Waals surface area contributed by atoms with Crippen molar-refractivity contribution in [3.05, 3.63) is 82.8 Å². The van der Waals surface area contributed by atoms with Gasteiger partial charge in [0, 0.05) is 40.9 Å². The molecule has 0 radical (unpaired) electrons. The molecule has 204 valence electrons. The smallest absolute Gasteiger partial charge is 0.251 e. The highest BCUT2D eigenvalue weighted by atomic mass is 32.2. The van der Waals surface area contributed by atoms with Crippen LogP contribution in [0.5, 0.6) is 0 Å². The fourth-order valence-electron chi connectivity index (χ4n) is 5.76. The third-order valence-corrected chi connectivity index (χ3v) is 9.99. The lowest BCUT2D eigenvalue weighted by atomic mass is 9.88. The summed E-state index contributed by atoms with van der Waals surface area (Å²) in [5.74, 6) is 1.38. The topological polar surface area (TPSA) is 114 Å². The zero-order chi connectivity index (χ0) is 27.5. The van der Waals surface area contributed by atoms with E-state index in [0.29, 0.717) is 11.3 Å². The third-order valence-electron chi connectivity index (χ3n) is 8.24. The number of rotatable bonds is 4. The Balaban J connectivity index is 1.12. The molecule has 1 N–H and O–H groups in total. The number of nitrogens with zero attached hydrogens (tertiary/aromatic N) is 4. The van der Waals surface area contributed by atoms with Crippen LogP contribution in [0.1, 0.15) is 52.0 Å². The molecule has 40 heavy (non-hydrogen) atoms. The Bertz CT molecular complexity index is 1780. The zero-order valence-electron chi connectivity index (χ0n) is 22.2. The normalized spacial score (nSPS) is 18.6. The van der Waals surface area contributed by atoms with E-state index in [2.05, 4.69) is 28.2 Å². The number of hydrogen-bond donors (Lipinski definition) is 1. The van der Waals surface area contributed by atoms with E-state index in [4.69, 9.17) is 14.7 Å². The highest BCUT2D eigenvalue weighted by Gasteiger charge is 2.49. The van der Waals surface area contributed by atoms with Gasteiger partial charge in [0.1, 0.15) is 11.6 Å². The van der Waals surface area contributed by atoms with Crippen molar-refractivity contribution in [1.82, 2.24) is 20.3 Å². The summed E-state index contributed by atoms with van der Waals surface area (Å²) in [5, 5.41) is 3.77. The summed E-state index contributed by atoms with van der Waals surface area (Å²) in [7, 11) is -3.50. The molecule has 0 atom stereocenters. The molecule has 1 amide bonds. The molecule has 0 unspecified atom stereocenters.